The number of anilines is 1. The summed E-state index contributed by atoms with van der Waals surface area (Å²) in [5, 5.41) is 14.7. The van der Waals surface area contributed by atoms with E-state index in [2.05, 4.69) is 17.3 Å². The Hall–Kier alpha value is -1.62. The molecule has 2 atom stereocenters. The highest BCUT2D eigenvalue weighted by molar-refractivity contribution is 5.60. The lowest BCUT2D eigenvalue weighted by molar-refractivity contribution is -0.385. The van der Waals surface area contributed by atoms with Crippen LogP contribution in [0.2, 0.25) is 0 Å². The third-order valence-electron chi connectivity index (χ3n) is 5.20. The Morgan fingerprint density at radius 2 is 1.81 bits per heavy atom. The zero-order chi connectivity index (χ0) is 15.1. The minimum atomic E-state index is -0.293. The molecule has 1 N–H and O–H groups in total. The average molecular weight is 289 g/mol. The predicted molar refractivity (Wildman–Crippen MR) is 83.8 cm³/mol. The van der Waals surface area contributed by atoms with Crippen LogP contribution < -0.4 is 5.32 Å². The molecule has 5 nitrogen and oxygen atoms in total. The second-order valence-electron chi connectivity index (χ2n) is 6.57. The van der Waals surface area contributed by atoms with Gasteiger partial charge in [0.2, 0.25) is 0 Å². The maximum absolute atomic E-state index is 11.1. The largest absolute Gasteiger partial charge is 0.382 e. The van der Waals surface area contributed by atoms with Crippen LogP contribution in [-0.2, 0) is 0 Å². The number of hydrogen-bond acceptors (Lipinski definition) is 4. The second-order valence-corrected chi connectivity index (χ2v) is 6.57. The first kappa shape index (κ1) is 14.3. The number of hydrogen-bond donors (Lipinski definition) is 1. The molecule has 2 bridgehead atoms. The van der Waals surface area contributed by atoms with Crippen LogP contribution in [0.25, 0.3) is 0 Å². The molecule has 0 amide bonds. The number of piperidine rings is 1. The van der Waals surface area contributed by atoms with Crippen molar-refractivity contribution in [1.29, 1.82) is 0 Å². The van der Waals surface area contributed by atoms with Crippen molar-refractivity contribution in [3.63, 3.8) is 0 Å². The van der Waals surface area contributed by atoms with E-state index in [0.717, 1.165) is 29.7 Å². The predicted octanol–water partition coefficient (Wildman–Crippen LogP) is 3.25. The molecule has 3 rings (SSSR count). The lowest BCUT2D eigenvalue weighted by atomic mass is 9.97. The fraction of sp³-hybridized carbons (Fsp3) is 0.625. The van der Waals surface area contributed by atoms with Crippen LogP contribution in [0, 0.1) is 24.0 Å². The second kappa shape index (κ2) is 5.30. The van der Waals surface area contributed by atoms with Gasteiger partial charge in [-0.15, -0.1) is 0 Å². The Kier molecular flexibility index (Phi) is 3.61. The van der Waals surface area contributed by atoms with Crippen molar-refractivity contribution >= 4 is 11.4 Å². The van der Waals surface area contributed by atoms with Gasteiger partial charge < -0.3 is 10.2 Å². The summed E-state index contributed by atoms with van der Waals surface area (Å²) >= 11 is 0. The lowest BCUT2D eigenvalue weighted by Crippen LogP contribution is -2.44. The van der Waals surface area contributed by atoms with Crippen LogP contribution in [0.3, 0.4) is 0 Å². The van der Waals surface area contributed by atoms with Crippen molar-refractivity contribution in [2.45, 2.75) is 57.7 Å². The van der Waals surface area contributed by atoms with Crippen LogP contribution in [0.4, 0.5) is 11.4 Å². The molecule has 0 aliphatic carbocycles. The van der Waals surface area contributed by atoms with Gasteiger partial charge in [0.05, 0.1) is 4.92 Å². The van der Waals surface area contributed by atoms with Gasteiger partial charge in [-0.3, -0.25) is 10.1 Å². The molecule has 1 aromatic carbocycles. The maximum atomic E-state index is 11.1. The molecule has 2 aliphatic heterocycles. The monoisotopic (exact) mass is 289 g/mol. The van der Waals surface area contributed by atoms with E-state index in [0.29, 0.717) is 18.1 Å². The Bertz CT molecular complexity index is 559. The molecule has 2 aliphatic rings. The van der Waals surface area contributed by atoms with Gasteiger partial charge >= 0.3 is 0 Å². The zero-order valence-corrected chi connectivity index (χ0v) is 12.9. The summed E-state index contributed by atoms with van der Waals surface area (Å²) < 4.78 is 0. The molecule has 0 saturated carbocycles. The van der Waals surface area contributed by atoms with Gasteiger partial charge in [-0.2, -0.15) is 0 Å². The summed E-state index contributed by atoms with van der Waals surface area (Å²) in [6, 6.07) is 5.37. The van der Waals surface area contributed by atoms with Crippen LogP contribution in [0.15, 0.2) is 12.1 Å². The third kappa shape index (κ3) is 2.62. The van der Waals surface area contributed by atoms with Gasteiger partial charge in [-0.25, -0.2) is 0 Å². The number of benzene rings is 1. The third-order valence-corrected chi connectivity index (χ3v) is 5.20. The summed E-state index contributed by atoms with van der Waals surface area (Å²) in [5.41, 5.74) is 2.94. The number of fused-ring (bicyclic) bond motifs is 2. The van der Waals surface area contributed by atoms with Crippen LogP contribution in [-0.4, -0.2) is 35.0 Å². The van der Waals surface area contributed by atoms with Gasteiger partial charge in [0.1, 0.15) is 0 Å². The van der Waals surface area contributed by atoms with Gasteiger partial charge in [-0.1, -0.05) is 0 Å². The molecule has 5 heteroatoms. The minimum absolute atomic E-state index is 0.207. The molecule has 2 saturated heterocycles. The molecule has 2 fully saturated rings. The molecule has 0 radical (unpaired) electrons. The number of nitrogens with zero attached hydrogens (tertiary/aromatic N) is 2. The van der Waals surface area contributed by atoms with Gasteiger partial charge in [0.15, 0.2) is 0 Å². The number of rotatable bonds is 3. The van der Waals surface area contributed by atoms with Crippen molar-refractivity contribution < 1.29 is 4.92 Å². The molecule has 21 heavy (non-hydrogen) atoms. The van der Waals surface area contributed by atoms with Crippen molar-refractivity contribution in [2.75, 3.05) is 12.4 Å². The molecule has 114 valence electrons. The summed E-state index contributed by atoms with van der Waals surface area (Å²) in [5.74, 6) is 0. The Morgan fingerprint density at radius 1 is 1.19 bits per heavy atom. The van der Waals surface area contributed by atoms with Crippen molar-refractivity contribution in [3.8, 4) is 0 Å². The van der Waals surface area contributed by atoms with E-state index < -0.39 is 0 Å². The van der Waals surface area contributed by atoms with Crippen molar-refractivity contribution in [1.82, 2.24) is 4.90 Å². The van der Waals surface area contributed by atoms with Gasteiger partial charge in [-0.05, 0) is 58.2 Å². The number of nitrogens with one attached hydrogen (secondary N) is 1. The Morgan fingerprint density at radius 3 is 2.38 bits per heavy atom. The van der Waals surface area contributed by atoms with Gasteiger partial charge in [0.25, 0.3) is 5.69 Å². The van der Waals surface area contributed by atoms with E-state index in [1.54, 1.807) is 13.0 Å². The first-order valence-electron chi connectivity index (χ1n) is 7.70. The average Bonchev–Trinajstić information content (AvgIpc) is 2.63. The highest BCUT2D eigenvalue weighted by atomic mass is 16.6. The lowest BCUT2D eigenvalue weighted by Gasteiger charge is -2.37. The van der Waals surface area contributed by atoms with E-state index in [1.165, 1.54) is 12.8 Å². The van der Waals surface area contributed by atoms with Gasteiger partial charge in [0, 0.05) is 35.4 Å². The topological polar surface area (TPSA) is 58.4 Å². The van der Waals surface area contributed by atoms with Crippen molar-refractivity contribution in [3.05, 3.63) is 33.4 Å². The fourth-order valence-corrected chi connectivity index (χ4v) is 3.94. The Balaban J connectivity index is 1.79. The molecule has 2 heterocycles. The standard InChI is InChI=1S/C16H23N3O2/c1-10-6-11(2)16(19(20)21)9-15(10)17-12-7-13-4-5-14(8-12)18(13)3/h6,9,12-14,17H,4-5,7-8H2,1-3H3. The smallest absolute Gasteiger partial charge is 0.274 e. The molecular weight excluding hydrogens is 266 g/mol. The van der Waals surface area contributed by atoms with E-state index in [9.17, 15) is 10.1 Å². The van der Waals surface area contributed by atoms with E-state index in [-0.39, 0.29) is 10.6 Å². The molecular formula is C16H23N3O2. The summed E-state index contributed by atoms with van der Waals surface area (Å²) in [4.78, 5) is 13.3. The van der Waals surface area contributed by atoms with Crippen LogP contribution >= 0.6 is 0 Å². The molecule has 2 unspecified atom stereocenters. The molecule has 0 aromatic heterocycles. The normalized spacial score (nSPS) is 28.6. The first-order chi connectivity index (χ1) is 9.95. The summed E-state index contributed by atoms with van der Waals surface area (Å²) in [6.07, 6.45) is 4.83. The van der Waals surface area contributed by atoms with E-state index in [4.69, 9.17) is 0 Å². The zero-order valence-electron chi connectivity index (χ0n) is 12.9. The highest BCUT2D eigenvalue weighted by Gasteiger charge is 2.38. The number of nitro benzene ring substituents is 1. The quantitative estimate of drug-likeness (QED) is 0.685. The minimum Gasteiger partial charge on any atom is -0.382 e. The maximum Gasteiger partial charge on any atom is 0.274 e. The molecule has 0 spiro atoms. The Labute approximate surface area is 125 Å². The first-order valence-corrected chi connectivity index (χ1v) is 7.70. The summed E-state index contributed by atoms with van der Waals surface area (Å²) in [6.45, 7) is 3.81. The van der Waals surface area contributed by atoms with Crippen LogP contribution in [0.1, 0.15) is 36.8 Å². The van der Waals surface area contributed by atoms with Crippen LogP contribution in [0.5, 0.6) is 0 Å². The number of aryl methyl sites for hydroxylation is 2. The molecule has 1 aromatic rings. The van der Waals surface area contributed by atoms with E-state index >= 15 is 0 Å². The fourth-order valence-electron chi connectivity index (χ4n) is 3.94. The SMILES string of the molecule is Cc1cc(C)c([N+](=O)[O-])cc1NC1CC2CCC(C1)N2C. The summed E-state index contributed by atoms with van der Waals surface area (Å²) in [7, 11) is 2.22. The van der Waals surface area contributed by atoms with E-state index in [1.807, 2.05) is 13.0 Å². The number of nitro groups is 1. The van der Waals surface area contributed by atoms with Crippen molar-refractivity contribution in [2.24, 2.45) is 0 Å². The highest BCUT2D eigenvalue weighted by Crippen LogP contribution is 2.36.